The zero-order valence-electron chi connectivity index (χ0n) is 37.0. The van der Waals surface area contributed by atoms with Crippen LogP contribution in [0.4, 0.5) is 0 Å². The van der Waals surface area contributed by atoms with Gasteiger partial charge < -0.3 is 5.11 Å². The third-order valence-corrected chi connectivity index (χ3v) is 21.2. The standard InChI is InChI=1S/C34H41N2SSi.C15H28O2.Ir/c1-21(2)38(22(3)4,23(5)6)30-18-26(17-25-12-10-11-13-27(25)30)31-33-32(36-20-35-31)28-15-14-24(16-29(28)37-33)19-34(7,8)9;1-7-14(5,8-2)12(16)11-13(17)15(6,9-3)10-4;/h10-16,18,20-23H,19H2,1-9H3;11,16H,7-10H2,1-6H3;/q-1;;/b;12-11-;. The average molecular weight is 970 g/mol. The van der Waals surface area contributed by atoms with Crippen molar-refractivity contribution in [1.82, 2.24) is 9.97 Å². The van der Waals surface area contributed by atoms with E-state index in [1.54, 1.807) is 11.5 Å². The number of nitrogens with zero attached hydrogens (tertiary/aromatic N) is 2. The van der Waals surface area contributed by atoms with Gasteiger partial charge in [-0.15, -0.1) is 40.1 Å². The number of hydrogen-bond donors (Lipinski definition) is 1. The summed E-state index contributed by atoms with van der Waals surface area (Å²) in [5, 5.41) is 15.5. The molecule has 307 valence electrons. The van der Waals surface area contributed by atoms with Gasteiger partial charge in [-0.2, -0.15) is 0 Å². The summed E-state index contributed by atoms with van der Waals surface area (Å²) in [5.41, 5.74) is 6.07. The Morgan fingerprint density at radius 2 is 1.38 bits per heavy atom. The van der Waals surface area contributed by atoms with Gasteiger partial charge in [0.25, 0.3) is 0 Å². The van der Waals surface area contributed by atoms with Crippen LogP contribution < -0.4 is 5.19 Å². The molecule has 1 N–H and O–H groups in total. The topological polar surface area (TPSA) is 63.1 Å². The number of aliphatic hydroxyl groups is 1. The summed E-state index contributed by atoms with van der Waals surface area (Å²) in [7, 11) is -1.92. The molecule has 0 amide bonds. The molecule has 0 saturated carbocycles. The summed E-state index contributed by atoms with van der Waals surface area (Å²) in [6, 6.07) is 22.0. The first-order valence-corrected chi connectivity index (χ1v) is 23.8. The van der Waals surface area contributed by atoms with Crippen molar-refractivity contribution < 1.29 is 30.0 Å². The van der Waals surface area contributed by atoms with Gasteiger partial charge in [0.1, 0.15) is 12.1 Å². The number of fused-ring (bicyclic) bond motifs is 4. The van der Waals surface area contributed by atoms with Gasteiger partial charge in [-0.05, 0) is 65.8 Å². The maximum atomic E-state index is 12.2. The van der Waals surface area contributed by atoms with Crippen LogP contribution in [-0.2, 0) is 31.3 Å². The van der Waals surface area contributed by atoms with Crippen molar-refractivity contribution in [2.75, 3.05) is 0 Å². The molecule has 7 heteroatoms. The first-order valence-electron chi connectivity index (χ1n) is 20.8. The summed E-state index contributed by atoms with van der Waals surface area (Å²) in [4.78, 5) is 21.9. The van der Waals surface area contributed by atoms with E-state index in [1.807, 2.05) is 52.9 Å². The van der Waals surface area contributed by atoms with Gasteiger partial charge in [-0.1, -0.05) is 145 Å². The molecule has 0 saturated heterocycles. The first kappa shape index (κ1) is 47.7. The van der Waals surface area contributed by atoms with Gasteiger partial charge in [0.2, 0.25) is 0 Å². The minimum Gasteiger partial charge on any atom is -0.512 e. The molecule has 0 bridgehead atoms. The Labute approximate surface area is 357 Å². The van der Waals surface area contributed by atoms with Crippen molar-refractivity contribution in [2.24, 2.45) is 16.2 Å². The van der Waals surface area contributed by atoms with Gasteiger partial charge in [0.05, 0.1) is 13.6 Å². The minimum atomic E-state index is -1.92. The SMILES string of the molecule is CC(C)[Si](c1cc(-c2ncnc3c2sc2cc(CC(C)(C)C)ccc23)[c-]c2ccccc12)(C(C)C)C(C)C.CCC(C)(CC)C(=O)/C=C(\O)C(C)(CC)CC.[Ir]. The van der Waals surface area contributed by atoms with Gasteiger partial charge in [0.15, 0.2) is 5.78 Å². The molecule has 5 rings (SSSR count). The van der Waals surface area contributed by atoms with Crippen LogP contribution in [0.1, 0.15) is 135 Å². The van der Waals surface area contributed by atoms with Crippen LogP contribution in [0.2, 0.25) is 16.6 Å². The number of carbonyl (C=O) groups is 1. The number of benzene rings is 3. The number of thiophene rings is 1. The number of ketones is 1. The summed E-state index contributed by atoms with van der Waals surface area (Å²) >= 11 is 1.83. The molecule has 4 nitrogen and oxygen atoms in total. The Bertz CT molecular complexity index is 2110. The van der Waals surface area contributed by atoms with Crippen LogP contribution in [0.5, 0.6) is 0 Å². The quantitative estimate of drug-likeness (QED) is 0.0553. The van der Waals surface area contributed by atoms with Crippen molar-refractivity contribution in [3.63, 3.8) is 0 Å². The number of aliphatic hydroxyl groups excluding tert-OH is 1. The molecule has 2 heterocycles. The van der Waals surface area contributed by atoms with E-state index in [2.05, 4.69) is 117 Å². The van der Waals surface area contributed by atoms with Crippen LogP contribution in [0.25, 0.3) is 42.3 Å². The first-order chi connectivity index (χ1) is 25.7. The molecule has 0 unspecified atom stereocenters. The molecule has 0 aliphatic rings. The van der Waals surface area contributed by atoms with Crippen molar-refractivity contribution in [2.45, 2.75) is 153 Å². The summed E-state index contributed by atoms with van der Waals surface area (Å²) < 4.78 is 2.46. The fourth-order valence-electron chi connectivity index (χ4n) is 8.87. The third-order valence-electron chi connectivity index (χ3n) is 13.0. The zero-order valence-corrected chi connectivity index (χ0v) is 41.2. The Morgan fingerprint density at radius 1 is 0.804 bits per heavy atom. The molecule has 3 aromatic carbocycles. The Hall–Kier alpha value is -2.70. The normalized spacial score (nSPS) is 13.1. The molecule has 2 aromatic heterocycles. The molecule has 0 aliphatic heterocycles. The monoisotopic (exact) mass is 970 g/mol. The fourth-order valence-corrected chi connectivity index (χ4v) is 17.0. The molecular formula is C49H69IrN2O2SSi-. The van der Waals surface area contributed by atoms with E-state index >= 15 is 0 Å². The van der Waals surface area contributed by atoms with Crippen molar-refractivity contribution in [3.8, 4) is 11.3 Å². The number of rotatable bonds is 13. The number of allylic oxidation sites excluding steroid dienone is 2. The van der Waals surface area contributed by atoms with E-state index in [0.717, 1.165) is 48.9 Å². The largest absolute Gasteiger partial charge is 0.512 e. The van der Waals surface area contributed by atoms with Crippen molar-refractivity contribution >= 4 is 61.5 Å². The van der Waals surface area contributed by atoms with Crippen LogP contribution >= 0.6 is 11.3 Å². The molecule has 1 radical (unpaired) electrons. The number of aromatic nitrogens is 2. The van der Waals surface area contributed by atoms with Crippen molar-refractivity contribution in [3.05, 3.63) is 78.3 Å². The van der Waals surface area contributed by atoms with Gasteiger partial charge >= 0.3 is 0 Å². The Kier molecular flexibility index (Phi) is 16.1. The second-order valence-electron chi connectivity index (χ2n) is 18.5. The second-order valence-corrected chi connectivity index (χ2v) is 25.5. The Morgan fingerprint density at radius 3 is 1.91 bits per heavy atom. The second kappa shape index (κ2) is 18.9. The van der Waals surface area contributed by atoms with Crippen LogP contribution in [-0.4, -0.2) is 28.9 Å². The van der Waals surface area contributed by atoms with E-state index in [-0.39, 0.29) is 47.9 Å². The molecule has 5 aromatic rings. The minimum absolute atomic E-state index is 0. The summed E-state index contributed by atoms with van der Waals surface area (Å²) in [5.74, 6) is 0.286. The number of carbonyl (C=O) groups excluding carboxylic acids is 1. The van der Waals surface area contributed by atoms with Crippen LogP contribution in [0, 0.1) is 22.3 Å². The molecule has 0 atom stereocenters. The van der Waals surface area contributed by atoms with Crippen LogP contribution in [0.3, 0.4) is 0 Å². The maximum Gasteiger partial charge on any atom is 0.164 e. The Balaban J connectivity index is 0.000000398. The molecule has 56 heavy (non-hydrogen) atoms. The molecular weight excluding hydrogens is 901 g/mol. The zero-order chi connectivity index (χ0) is 41.1. The van der Waals surface area contributed by atoms with E-state index in [4.69, 9.17) is 9.97 Å². The maximum absolute atomic E-state index is 12.2. The van der Waals surface area contributed by atoms with E-state index < -0.39 is 8.07 Å². The molecule has 0 aliphatic carbocycles. The van der Waals surface area contributed by atoms with Gasteiger partial charge in [-0.3, -0.25) is 9.78 Å². The molecule has 0 spiro atoms. The summed E-state index contributed by atoms with van der Waals surface area (Å²) in [6.45, 7) is 33.7. The van der Waals surface area contributed by atoms with Crippen molar-refractivity contribution in [1.29, 1.82) is 0 Å². The summed E-state index contributed by atoms with van der Waals surface area (Å²) in [6.07, 6.45) is 7.56. The smallest absolute Gasteiger partial charge is 0.164 e. The predicted molar refractivity (Wildman–Crippen MR) is 244 cm³/mol. The average Bonchev–Trinajstić information content (AvgIpc) is 3.51. The van der Waals surface area contributed by atoms with Gasteiger partial charge in [-0.25, -0.2) is 4.98 Å². The fraction of sp³-hybridized carbons (Fsp3) is 0.531. The van der Waals surface area contributed by atoms with Crippen LogP contribution in [0.15, 0.2) is 66.7 Å². The van der Waals surface area contributed by atoms with E-state index in [0.29, 0.717) is 16.6 Å². The third kappa shape index (κ3) is 9.59. The van der Waals surface area contributed by atoms with E-state index in [1.165, 1.54) is 37.2 Å². The molecule has 0 fully saturated rings. The van der Waals surface area contributed by atoms with E-state index in [9.17, 15) is 9.90 Å². The van der Waals surface area contributed by atoms with Gasteiger partial charge in [0, 0.05) is 57.5 Å². The number of hydrogen-bond acceptors (Lipinski definition) is 5. The predicted octanol–water partition coefficient (Wildman–Crippen LogP) is 14.6.